The average Bonchev–Trinajstić information content (AvgIpc) is 2.39. The quantitative estimate of drug-likeness (QED) is 0.820. The zero-order valence-electron chi connectivity index (χ0n) is 14.7. The Morgan fingerprint density at radius 2 is 1.91 bits per heavy atom. The standard InChI is InChI=1S/C17H27FN2O3/c1-11(2)15(10-22-6)19-14-9-12(18)7-8-13(14)20-16(21)23-17(3,4)5/h7-9,11,15,19H,10H2,1-6H3,(H,20,21). The summed E-state index contributed by atoms with van der Waals surface area (Å²) in [6, 6.07) is 4.13. The Balaban J connectivity index is 2.94. The molecule has 1 unspecified atom stereocenters. The number of amides is 1. The van der Waals surface area contributed by atoms with Crippen molar-refractivity contribution < 1.29 is 18.7 Å². The monoisotopic (exact) mass is 326 g/mol. The molecule has 1 rings (SSSR count). The minimum absolute atomic E-state index is 0.0130. The summed E-state index contributed by atoms with van der Waals surface area (Å²) in [4.78, 5) is 11.9. The van der Waals surface area contributed by atoms with Crippen LogP contribution in [-0.4, -0.2) is 31.5 Å². The molecule has 130 valence electrons. The van der Waals surface area contributed by atoms with E-state index >= 15 is 0 Å². The van der Waals surface area contributed by atoms with Crippen LogP contribution < -0.4 is 10.6 Å². The van der Waals surface area contributed by atoms with Crippen molar-refractivity contribution in [3.05, 3.63) is 24.0 Å². The fourth-order valence-corrected chi connectivity index (χ4v) is 1.94. The van der Waals surface area contributed by atoms with Crippen LogP contribution in [0.25, 0.3) is 0 Å². The Morgan fingerprint density at radius 3 is 2.43 bits per heavy atom. The molecule has 1 aromatic carbocycles. The minimum Gasteiger partial charge on any atom is -0.444 e. The number of ether oxygens (including phenoxy) is 2. The van der Waals surface area contributed by atoms with E-state index in [1.807, 2.05) is 13.8 Å². The van der Waals surface area contributed by atoms with E-state index in [2.05, 4.69) is 10.6 Å². The molecule has 0 bridgehead atoms. The number of carbonyl (C=O) groups is 1. The third kappa shape index (κ3) is 6.86. The van der Waals surface area contributed by atoms with Crippen molar-refractivity contribution in [1.82, 2.24) is 0 Å². The lowest BCUT2D eigenvalue weighted by atomic mass is 10.0. The van der Waals surface area contributed by atoms with Crippen LogP contribution in [0.3, 0.4) is 0 Å². The van der Waals surface area contributed by atoms with Crippen molar-refractivity contribution in [1.29, 1.82) is 0 Å². The molecule has 0 aliphatic carbocycles. The highest BCUT2D eigenvalue weighted by Gasteiger charge is 2.19. The van der Waals surface area contributed by atoms with E-state index in [1.54, 1.807) is 27.9 Å². The van der Waals surface area contributed by atoms with Crippen LogP contribution in [0.15, 0.2) is 18.2 Å². The van der Waals surface area contributed by atoms with Gasteiger partial charge in [0.15, 0.2) is 0 Å². The minimum atomic E-state index is -0.603. The number of hydrogen-bond acceptors (Lipinski definition) is 4. The van der Waals surface area contributed by atoms with Gasteiger partial charge in [0, 0.05) is 7.11 Å². The third-order valence-electron chi connectivity index (χ3n) is 3.11. The molecule has 0 saturated carbocycles. The normalized spacial score (nSPS) is 12.9. The number of anilines is 2. The number of carbonyl (C=O) groups excluding carboxylic acids is 1. The first-order valence-electron chi connectivity index (χ1n) is 7.67. The van der Waals surface area contributed by atoms with Crippen LogP contribution in [0.1, 0.15) is 34.6 Å². The third-order valence-corrected chi connectivity index (χ3v) is 3.11. The van der Waals surface area contributed by atoms with Gasteiger partial charge in [0.25, 0.3) is 0 Å². The summed E-state index contributed by atoms with van der Waals surface area (Å²) in [5, 5.41) is 5.87. The molecule has 0 aliphatic heterocycles. The van der Waals surface area contributed by atoms with Crippen molar-refractivity contribution in [3.8, 4) is 0 Å². The molecule has 6 heteroatoms. The zero-order valence-corrected chi connectivity index (χ0v) is 14.7. The van der Waals surface area contributed by atoms with E-state index in [0.717, 1.165) is 0 Å². The Bertz CT molecular complexity index is 527. The van der Waals surface area contributed by atoms with Gasteiger partial charge >= 0.3 is 6.09 Å². The zero-order chi connectivity index (χ0) is 17.6. The lowest BCUT2D eigenvalue weighted by Crippen LogP contribution is -2.31. The molecule has 0 spiro atoms. The van der Waals surface area contributed by atoms with Gasteiger partial charge in [-0.05, 0) is 44.9 Å². The maximum Gasteiger partial charge on any atom is 0.412 e. The molecular weight excluding hydrogens is 299 g/mol. The van der Waals surface area contributed by atoms with Gasteiger partial charge in [-0.15, -0.1) is 0 Å². The van der Waals surface area contributed by atoms with Gasteiger partial charge in [-0.2, -0.15) is 0 Å². The van der Waals surface area contributed by atoms with Gasteiger partial charge < -0.3 is 14.8 Å². The van der Waals surface area contributed by atoms with Crippen molar-refractivity contribution in [2.45, 2.75) is 46.3 Å². The smallest absolute Gasteiger partial charge is 0.412 e. The fraction of sp³-hybridized carbons (Fsp3) is 0.588. The molecular formula is C17H27FN2O3. The number of benzene rings is 1. The Hall–Kier alpha value is -1.82. The lowest BCUT2D eigenvalue weighted by Gasteiger charge is -2.25. The van der Waals surface area contributed by atoms with Gasteiger partial charge in [-0.25, -0.2) is 9.18 Å². The van der Waals surface area contributed by atoms with Crippen LogP contribution in [0.4, 0.5) is 20.6 Å². The molecule has 5 nitrogen and oxygen atoms in total. The highest BCUT2D eigenvalue weighted by atomic mass is 19.1. The van der Waals surface area contributed by atoms with Crippen LogP contribution in [0.5, 0.6) is 0 Å². The van der Waals surface area contributed by atoms with Crippen molar-refractivity contribution in [2.75, 3.05) is 24.4 Å². The Morgan fingerprint density at radius 1 is 1.26 bits per heavy atom. The maximum atomic E-state index is 13.6. The number of methoxy groups -OCH3 is 1. The van der Waals surface area contributed by atoms with Crippen LogP contribution in [-0.2, 0) is 9.47 Å². The SMILES string of the molecule is COCC(Nc1cc(F)ccc1NC(=O)OC(C)(C)C)C(C)C. The molecule has 1 amide bonds. The van der Waals surface area contributed by atoms with E-state index in [1.165, 1.54) is 18.2 Å². The first-order valence-corrected chi connectivity index (χ1v) is 7.67. The molecule has 1 aromatic rings. The predicted molar refractivity (Wildman–Crippen MR) is 90.4 cm³/mol. The molecule has 0 heterocycles. The summed E-state index contributed by atoms with van der Waals surface area (Å²) in [6.45, 7) is 9.89. The van der Waals surface area contributed by atoms with E-state index in [-0.39, 0.29) is 17.8 Å². The second-order valence-corrected chi connectivity index (χ2v) is 6.77. The van der Waals surface area contributed by atoms with Gasteiger partial charge in [-0.1, -0.05) is 13.8 Å². The summed E-state index contributed by atoms with van der Waals surface area (Å²) in [7, 11) is 1.61. The molecule has 0 aliphatic rings. The summed E-state index contributed by atoms with van der Waals surface area (Å²) >= 11 is 0. The summed E-state index contributed by atoms with van der Waals surface area (Å²) < 4.78 is 24.0. The molecule has 23 heavy (non-hydrogen) atoms. The van der Waals surface area contributed by atoms with Gasteiger partial charge in [0.05, 0.1) is 24.0 Å². The largest absolute Gasteiger partial charge is 0.444 e. The molecule has 0 fully saturated rings. The predicted octanol–water partition coefficient (Wildman–Crippen LogP) is 4.26. The van der Waals surface area contributed by atoms with Crippen LogP contribution in [0, 0.1) is 11.7 Å². The van der Waals surface area contributed by atoms with Gasteiger partial charge in [0.2, 0.25) is 0 Å². The van der Waals surface area contributed by atoms with Crippen molar-refractivity contribution in [2.24, 2.45) is 5.92 Å². The van der Waals surface area contributed by atoms with Gasteiger partial charge in [0.1, 0.15) is 11.4 Å². The highest BCUT2D eigenvalue weighted by Crippen LogP contribution is 2.25. The van der Waals surface area contributed by atoms with E-state index in [9.17, 15) is 9.18 Å². The average molecular weight is 326 g/mol. The molecule has 0 radical (unpaired) electrons. The summed E-state index contributed by atoms with van der Waals surface area (Å²) in [6.07, 6.45) is -0.583. The Labute approximate surface area is 137 Å². The van der Waals surface area contributed by atoms with Crippen LogP contribution >= 0.6 is 0 Å². The van der Waals surface area contributed by atoms with E-state index < -0.39 is 11.7 Å². The molecule has 2 N–H and O–H groups in total. The number of rotatable bonds is 6. The maximum absolute atomic E-state index is 13.6. The number of hydrogen-bond donors (Lipinski definition) is 2. The van der Waals surface area contributed by atoms with Gasteiger partial charge in [-0.3, -0.25) is 5.32 Å². The second kappa shape index (κ2) is 8.15. The van der Waals surface area contributed by atoms with E-state index in [0.29, 0.717) is 18.0 Å². The first kappa shape index (κ1) is 19.2. The molecule has 0 saturated heterocycles. The highest BCUT2D eigenvalue weighted by molar-refractivity contribution is 5.89. The second-order valence-electron chi connectivity index (χ2n) is 6.77. The van der Waals surface area contributed by atoms with Crippen LogP contribution in [0.2, 0.25) is 0 Å². The summed E-state index contributed by atoms with van der Waals surface area (Å²) in [5.74, 6) is -0.116. The summed E-state index contributed by atoms with van der Waals surface area (Å²) in [5.41, 5.74) is 0.350. The first-order chi connectivity index (χ1) is 10.6. The van der Waals surface area contributed by atoms with Crippen molar-refractivity contribution >= 4 is 17.5 Å². The lowest BCUT2D eigenvalue weighted by molar-refractivity contribution is 0.0636. The van der Waals surface area contributed by atoms with Crippen molar-refractivity contribution in [3.63, 3.8) is 0 Å². The topological polar surface area (TPSA) is 59.6 Å². The number of nitrogens with one attached hydrogen (secondary N) is 2. The fourth-order valence-electron chi connectivity index (χ4n) is 1.94. The van der Waals surface area contributed by atoms with E-state index in [4.69, 9.17) is 9.47 Å². The Kier molecular flexibility index (Phi) is 6.81. The molecule has 1 atom stereocenters. The molecule has 0 aromatic heterocycles. The number of halogens is 1.